The lowest BCUT2D eigenvalue weighted by molar-refractivity contribution is 0.184. The smallest absolute Gasteiger partial charge is 0.137 e. The third-order valence-electron chi connectivity index (χ3n) is 3.00. The molecule has 1 unspecified atom stereocenters. The molecule has 1 N–H and O–H groups in total. The SMILES string of the molecule is CCC(COC)Nc1ccc(Cn2cncn2)cc1. The van der Waals surface area contributed by atoms with Gasteiger partial charge in [0.05, 0.1) is 13.2 Å². The zero-order valence-corrected chi connectivity index (χ0v) is 11.4. The summed E-state index contributed by atoms with van der Waals surface area (Å²) < 4.78 is 6.99. The van der Waals surface area contributed by atoms with Gasteiger partial charge < -0.3 is 10.1 Å². The molecule has 0 saturated heterocycles. The van der Waals surface area contributed by atoms with Gasteiger partial charge in [-0.25, -0.2) is 9.67 Å². The van der Waals surface area contributed by atoms with E-state index in [0.717, 1.165) is 25.3 Å². The Bertz CT molecular complexity index is 467. The van der Waals surface area contributed by atoms with Gasteiger partial charge in [0.25, 0.3) is 0 Å². The molecule has 102 valence electrons. The van der Waals surface area contributed by atoms with Crippen molar-refractivity contribution in [3.05, 3.63) is 42.5 Å². The number of nitrogens with one attached hydrogen (secondary N) is 1. The largest absolute Gasteiger partial charge is 0.383 e. The summed E-state index contributed by atoms with van der Waals surface area (Å²) in [6, 6.07) is 8.73. The van der Waals surface area contributed by atoms with Crippen LogP contribution in [0.1, 0.15) is 18.9 Å². The maximum atomic E-state index is 5.18. The van der Waals surface area contributed by atoms with E-state index >= 15 is 0 Å². The third kappa shape index (κ3) is 4.06. The van der Waals surface area contributed by atoms with Crippen LogP contribution in [0.5, 0.6) is 0 Å². The first kappa shape index (κ1) is 13.5. The molecule has 1 aromatic carbocycles. The minimum absolute atomic E-state index is 0.353. The number of ether oxygens (including phenoxy) is 1. The molecule has 0 bridgehead atoms. The molecule has 19 heavy (non-hydrogen) atoms. The van der Waals surface area contributed by atoms with Crippen molar-refractivity contribution in [2.45, 2.75) is 25.9 Å². The Morgan fingerprint density at radius 2 is 2.11 bits per heavy atom. The highest BCUT2D eigenvalue weighted by atomic mass is 16.5. The quantitative estimate of drug-likeness (QED) is 0.829. The van der Waals surface area contributed by atoms with Gasteiger partial charge in [-0.3, -0.25) is 0 Å². The van der Waals surface area contributed by atoms with E-state index in [9.17, 15) is 0 Å². The van der Waals surface area contributed by atoms with E-state index in [2.05, 4.69) is 46.6 Å². The normalized spacial score (nSPS) is 12.3. The van der Waals surface area contributed by atoms with Crippen molar-refractivity contribution in [2.24, 2.45) is 0 Å². The molecule has 5 nitrogen and oxygen atoms in total. The molecule has 0 amide bonds. The molecule has 0 aliphatic carbocycles. The van der Waals surface area contributed by atoms with Crippen molar-refractivity contribution in [3.8, 4) is 0 Å². The summed E-state index contributed by atoms with van der Waals surface area (Å²) in [4.78, 5) is 3.93. The van der Waals surface area contributed by atoms with E-state index in [1.165, 1.54) is 5.56 Å². The number of hydrogen-bond acceptors (Lipinski definition) is 4. The molecule has 1 aromatic heterocycles. The zero-order valence-electron chi connectivity index (χ0n) is 11.4. The highest BCUT2D eigenvalue weighted by Gasteiger charge is 2.05. The lowest BCUT2D eigenvalue weighted by Crippen LogP contribution is -2.23. The van der Waals surface area contributed by atoms with Crippen LogP contribution in [0.25, 0.3) is 0 Å². The molecule has 1 heterocycles. The summed E-state index contributed by atoms with van der Waals surface area (Å²) in [6.07, 6.45) is 4.30. The minimum atomic E-state index is 0.353. The molecule has 2 aromatic rings. The second-order valence-corrected chi connectivity index (χ2v) is 4.49. The second kappa shape index (κ2) is 6.89. The van der Waals surface area contributed by atoms with Gasteiger partial charge in [0.1, 0.15) is 12.7 Å². The number of nitrogens with zero attached hydrogens (tertiary/aromatic N) is 3. The van der Waals surface area contributed by atoms with Crippen LogP contribution >= 0.6 is 0 Å². The van der Waals surface area contributed by atoms with Crippen molar-refractivity contribution in [1.82, 2.24) is 14.8 Å². The fourth-order valence-electron chi connectivity index (χ4n) is 1.91. The lowest BCUT2D eigenvalue weighted by atomic mass is 10.1. The van der Waals surface area contributed by atoms with Gasteiger partial charge in [-0.05, 0) is 24.1 Å². The Morgan fingerprint density at radius 3 is 2.68 bits per heavy atom. The Morgan fingerprint density at radius 1 is 1.32 bits per heavy atom. The molecule has 5 heteroatoms. The summed E-state index contributed by atoms with van der Waals surface area (Å²) in [5.74, 6) is 0. The summed E-state index contributed by atoms with van der Waals surface area (Å²) in [5.41, 5.74) is 2.32. The monoisotopic (exact) mass is 260 g/mol. The van der Waals surface area contributed by atoms with Crippen LogP contribution in [0.4, 0.5) is 5.69 Å². The third-order valence-corrected chi connectivity index (χ3v) is 3.00. The van der Waals surface area contributed by atoms with Crippen LogP contribution < -0.4 is 5.32 Å². The maximum absolute atomic E-state index is 5.18. The van der Waals surface area contributed by atoms with Crippen LogP contribution in [0.15, 0.2) is 36.9 Å². The molecule has 0 saturated carbocycles. The predicted molar refractivity (Wildman–Crippen MR) is 75.1 cm³/mol. The Kier molecular flexibility index (Phi) is 4.92. The van der Waals surface area contributed by atoms with E-state index < -0.39 is 0 Å². The van der Waals surface area contributed by atoms with Crippen molar-refractivity contribution in [3.63, 3.8) is 0 Å². The fourth-order valence-corrected chi connectivity index (χ4v) is 1.91. The number of rotatable bonds is 7. The van der Waals surface area contributed by atoms with E-state index in [0.29, 0.717) is 6.04 Å². The van der Waals surface area contributed by atoms with Gasteiger partial charge in [0.2, 0.25) is 0 Å². The summed E-state index contributed by atoms with van der Waals surface area (Å²) in [7, 11) is 1.73. The second-order valence-electron chi connectivity index (χ2n) is 4.49. The average molecular weight is 260 g/mol. The first-order chi connectivity index (χ1) is 9.31. The number of methoxy groups -OCH3 is 1. The van der Waals surface area contributed by atoms with Gasteiger partial charge in [-0.2, -0.15) is 5.10 Å². The minimum Gasteiger partial charge on any atom is -0.383 e. The Balaban J connectivity index is 1.94. The molecule has 0 fully saturated rings. The van der Waals surface area contributed by atoms with Gasteiger partial charge >= 0.3 is 0 Å². The standard InChI is InChI=1S/C14H20N4O/c1-3-13(9-19-2)17-14-6-4-12(5-7-14)8-18-11-15-10-16-18/h4-7,10-11,13,17H,3,8-9H2,1-2H3. The lowest BCUT2D eigenvalue weighted by Gasteiger charge is -2.17. The van der Waals surface area contributed by atoms with Crippen LogP contribution in [-0.4, -0.2) is 34.5 Å². The molecule has 2 rings (SSSR count). The summed E-state index contributed by atoms with van der Waals surface area (Å²) >= 11 is 0. The fraction of sp³-hybridized carbons (Fsp3) is 0.429. The number of benzene rings is 1. The molecule has 0 spiro atoms. The van der Waals surface area contributed by atoms with Gasteiger partial charge in [-0.15, -0.1) is 0 Å². The number of aromatic nitrogens is 3. The topological polar surface area (TPSA) is 52.0 Å². The van der Waals surface area contributed by atoms with E-state index in [-0.39, 0.29) is 0 Å². The molecule has 1 atom stereocenters. The zero-order chi connectivity index (χ0) is 13.5. The Hall–Kier alpha value is -1.88. The first-order valence-corrected chi connectivity index (χ1v) is 6.48. The van der Waals surface area contributed by atoms with E-state index in [1.54, 1.807) is 19.8 Å². The molecular weight excluding hydrogens is 240 g/mol. The van der Waals surface area contributed by atoms with Crippen molar-refractivity contribution >= 4 is 5.69 Å². The van der Waals surface area contributed by atoms with Gasteiger partial charge in [0.15, 0.2) is 0 Å². The molecule has 0 radical (unpaired) electrons. The average Bonchev–Trinajstić information content (AvgIpc) is 2.93. The van der Waals surface area contributed by atoms with E-state index in [1.807, 2.05) is 4.68 Å². The first-order valence-electron chi connectivity index (χ1n) is 6.48. The van der Waals surface area contributed by atoms with Gasteiger partial charge in [0, 0.05) is 18.8 Å². The van der Waals surface area contributed by atoms with Gasteiger partial charge in [-0.1, -0.05) is 19.1 Å². The van der Waals surface area contributed by atoms with Crippen molar-refractivity contribution < 1.29 is 4.74 Å². The van der Waals surface area contributed by atoms with Crippen LogP contribution in [0.2, 0.25) is 0 Å². The number of hydrogen-bond donors (Lipinski definition) is 1. The maximum Gasteiger partial charge on any atom is 0.137 e. The number of anilines is 1. The Labute approximate surface area is 113 Å². The highest BCUT2D eigenvalue weighted by molar-refractivity contribution is 5.45. The summed E-state index contributed by atoms with van der Waals surface area (Å²) in [6.45, 7) is 3.61. The molecule has 0 aliphatic heterocycles. The predicted octanol–water partition coefficient (Wildman–Crippen LogP) is 2.16. The molecule has 0 aliphatic rings. The molecular formula is C14H20N4O. The van der Waals surface area contributed by atoms with Crippen molar-refractivity contribution in [2.75, 3.05) is 19.0 Å². The van der Waals surface area contributed by atoms with Crippen LogP contribution in [0, 0.1) is 0 Å². The van der Waals surface area contributed by atoms with Crippen molar-refractivity contribution in [1.29, 1.82) is 0 Å². The van der Waals surface area contributed by atoms with Crippen LogP contribution in [0.3, 0.4) is 0 Å². The van der Waals surface area contributed by atoms with E-state index in [4.69, 9.17) is 4.74 Å². The highest BCUT2D eigenvalue weighted by Crippen LogP contribution is 2.12. The summed E-state index contributed by atoms with van der Waals surface area (Å²) in [5, 5.41) is 7.55. The van der Waals surface area contributed by atoms with Crippen LogP contribution in [-0.2, 0) is 11.3 Å².